The van der Waals surface area contributed by atoms with E-state index in [1.807, 2.05) is 0 Å². The quantitative estimate of drug-likeness (QED) is 0.701. The number of methoxy groups -OCH3 is 1. The number of ether oxygens (including phenoxy) is 1. The lowest BCUT2D eigenvalue weighted by Gasteiger charge is -2.19. The largest absolute Gasteiger partial charge is 0.383 e. The molecular formula is C10H16ClN3O3S. The zero-order chi connectivity index (χ0) is 13.8. The van der Waals surface area contributed by atoms with Crippen molar-refractivity contribution in [1.82, 2.24) is 13.9 Å². The van der Waals surface area contributed by atoms with E-state index in [0.717, 1.165) is 0 Å². The van der Waals surface area contributed by atoms with E-state index >= 15 is 0 Å². The SMILES string of the molecule is C=CCN(CCOC)S(=O)(=O)c1ncn(C)c1Cl. The Hall–Kier alpha value is -0.890. The smallest absolute Gasteiger partial charge is 0.264 e. The lowest BCUT2D eigenvalue weighted by Crippen LogP contribution is -2.34. The monoisotopic (exact) mass is 293 g/mol. The summed E-state index contributed by atoms with van der Waals surface area (Å²) in [6.45, 7) is 4.23. The van der Waals surface area contributed by atoms with Crippen LogP contribution < -0.4 is 0 Å². The Morgan fingerprint density at radius 1 is 1.67 bits per heavy atom. The van der Waals surface area contributed by atoms with Crippen molar-refractivity contribution in [2.24, 2.45) is 7.05 Å². The fourth-order valence-electron chi connectivity index (χ4n) is 1.34. The van der Waals surface area contributed by atoms with Crippen LogP contribution >= 0.6 is 11.6 Å². The molecule has 18 heavy (non-hydrogen) atoms. The first-order valence-electron chi connectivity index (χ1n) is 5.22. The van der Waals surface area contributed by atoms with E-state index in [1.165, 1.54) is 28.4 Å². The Morgan fingerprint density at radius 2 is 2.33 bits per heavy atom. The van der Waals surface area contributed by atoms with Crippen LogP contribution in [0, 0.1) is 0 Å². The first-order chi connectivity index (χ1) is 8.45. The van der Waals surface area contributed by atoms with Crippen LogP contribution in [0.1, 0.15) is 0 Å². The Bertz CT molecular complexity index is 512. The zero-order valence-electron chi connectivity index (χ0n) is 10.3. The summed E-state index contributed by atoms with van der Waals surface area (Å²) in [6.07, 6.45) is 2.86. The van der Waals surface area contributed by atoms with E-state index in [0.29, 0.717) is 0 Å². The average Bonchev–Trinajstić information content (AvgIpc) is 2.65. The maximum Gasteiger partial charge on any atom is 0.264 e. The highest BCUT2D eigenvalue weighted by Gasteiger charge is 2.28. The van der Waals surface area contributed by atoms with E-state index in [2.05, 4.69) is 11.6 Å². The Kier molecular flexibility index (Phi) is 5.33. The molecule has 0 saturated heterocycles. The summed E-state index contributed by atoms with van der Waals surface area (Å²) in [5, 5.41) is -0.0638. The van der Waals surface area contributed by atoms with Crippen molar-refractivity contribution in [3.8, 4) is 0 Å². The molecule has 0 spiro atoms. The van der Waals surface area contributed by atoms with Crippen molar-refractivity contribution in [1.29, 1.82) is 0 Å². The van der Waals surface area contributed by atoms with Gasteiger partial charge in [-0.05, 0) is 0 Å². The molecule has 0 unspecified atom stereocenters. The normalized spacial score (nSPS) is 12.0. The van der Waals surface area contributed by atoms with Crippen molar-refractivity contribution < 1.29 is 13.2 Å². The van der Waals surface area contributed by atoms with Gasteiger partial charge in [0.05, 0.1) is 12.9 Å². The maximum absolute atomic E-state index is 12.3. The average molecular weight is 294 g/mol. The van der Waals surface area contributed by atoms with Crippen molar-refractivity contribution in [3.63, 3.8) is 0 Å². The molecule has 1 aromatic rings. The predicted molar refractivity (Wildman–Crippen MR) is 69.0 cm³/mol. The zero-order valence-corrected chi connectivity index (χ0v) is 11.9. The van der Waals surface area contributed by atoms with Gasteiger partial charge in [0, 0.05) is 27.2 Å². The topological polar surface area (TPSA) is 64.4 Å². The van der Waals surface area contributed by atoms with Crippen molar-refractivity contribution in [2.75, 3.05) is 26.8 Å². The van der Waals surface area contributed by atoms with Gasteiger partial charge in [0.1, 0.15) is 5.15 Å². The van der Waals surface area contributed by atoms with Crippen molar-refractivity contribution in [2.45, 2.75) is 5.03 Å². The third kappa shape index (κ3) is 3.11. The standard InChI is InChI=1S/C10H16ClN3O3S/c1-4-5-14(6-7-17-3)18(15,16)10-9(11)13(2)8-12-10/h4,8H,1,5-7H2,2-3H3. The number of sulfonamides is 1. The van der Waals surface area contributed by atoms with Gasteiger partial charge in [0.25, 0.3) is 10.0 Å². The van der Waals surface area contributed by atoms with Crippen LogP contribution in [0.5, 0.6) is 0 Å². The number of aryl methyl sites for hydroxylation is 1. The number of rotatable bonds is 7. The van der Waals surface area contributed by atoms with Crippen molar-refractivity contribution in [3.05, 3.63) is 24.1 Å². The van der Waals surface area contributed by atoms with Gasteiger partial charge in [-0.15, -0.1) is 6.58 Å². The molecule has 1 heterocycles. The third-order valence-electron chi connectivity index (χ3n) is 2.30. The molecule has 1 aromatic heterocycles. The Morgan fingerprint density at radius 3 is 2.78 bits per heavy atom. The van der Waals surface area contributed by atoms with Crippen LogP contribution in [-0.4, -0.2) is 49.1 Å². The molecule has 6 nitrogen and oxygen atoms in total. The summed E-state index contributed by atoms with van der Waals surface area (Å²) in [5.74, 6) is 0. The molecular weight excluding hydrogens is 278 g/mol. The number of hydrogen-bond donors (Lipinski definition) is 0. The molecule has 0 N–H and O–H groups in total. The van der Waals surface area contributed by atoms with Gasteiger partial charge in [-0.25, -0.2) is 13.4 Å². The van der Waals surface area contributed by atoms with Gasteiger partial charge < -0.3 is 9.30 Å². The van der Waals surface area contributed by atoms with Gasteiger partial charge in [-0.1, -0.05) is 17.7 Å². The molecule has 0 amide bonds. The summed E-state index contributed by atoms with van der Waals surface area (Å²) >= 11 is 5.91. The van der Waals surface area contributed by atoms with E-state index in [1.54, 1.807) is 7.05 Å². The maximum atomic E-state index is 12.3. The number of aromatic nitrogens is 2. The van der Waals surface area contributed by atoms with E-state index in [-0.39, 0.29) is 29.9 Å². The van der Waals surface area contributed by atoms with E-state index in [9.17, 15) is 8.42 Å². The van der Waals surface area contributed by atoms with Crippen LogP contribution in [0.3, 0.4) is 0 Å². The fraction of sp³-hybridized carbons (Fsp3) is 0.500. The molecule has 0 aromatic carbocycles. The summed E-state index contributed by atoms with van der Waals surface area (Å²) in [4.78, 5) is 3.82. The summed E-state index contributed by atoms with van der Waals surface area (Å²) in [6, 6.07) is 0. The highest BCUT2D eigenvalue weighted by molar-refractivity contribution is 7.89. The lowest BCUT2D eigenvalue weighted by molar-refractivity contribution is 0.182. The minimum Gasteiger partial charge on any atom is -0.383 e. The van der Waals surface area contributed by atoms with Gasteiger partial charge in [0.15, 0.2) is 0 Å². The van der Waals surface area contributed by atoms with Crippen LogP contribution in [-0.2, 0) is 21.8 Å². The summed E-state index contributed by atoms with van der Waals surface area (Å²) in [7, 11) is -0.594. The summed E-state index contributed by atoms with van der Waals surface area (Å²) in [5.41, 5.74) is 0. The highest BCUT2D eigenvalue weighted by atomic mass is 35.5. The Balaban J connectivity index is 3.08. The highest BCUT2D eigenvalue weighted by Crippen LogP contribution is 2.22. The van der Waals surface area contributed by atoms with E-state index in [4.69, 9.17) is 16.3 Å². The molecule has 1 rings (SSSR count). The number of imidazole rings is 1. The van der Waals surface area contributed by atoms with Gasteiger partial charge >= 0.3 is 0 Å². The lowest BCUT2D eigenvalue weighted by atomic mass is 10.6. The molecule has 0 saturated carbocycles. The Labute approximate surface area is 112 Å². The first kappa shape index (κ1) is 15.2. The predicted octanol–water partition coefficient (Wildman–Crippen LogP) is 0.897. The summed E-state index contributed by atoms with van der Waals surface area (Å²) < 4.78 is 32.2. The van der Waals surface area contributed by atoms with Crippen LogP contribution in [0.4, 0.5) is 0 Å². The molecule has 102 valence electrons. The molecule has 0 atom stereocenters. The number of nitrogens with zero attached hydrogens (tertiary/aromatic N) is 3. The van der Waals surface area contributed by atoms with Gasteiger partial charge in [-0.3, -0.25) is 0 Å². The van der Waals surface area contributed by atoms with E-state index < -0.39 is 10.0 Å². The molecule has 0 radical (unpaired) electrons. The molecule has 0 aliphatic heterocycles. The first-order valence-corrected chi connectivity index (χ1v) is 7.03. The van der Waals surface area contributed by atoms with Gasteiger partial charge in [-0.2, -0.15) is 4.31 Å². The van der Waals surface area contributed by atoms with Gasteiger partial charge in [0.2, 0.25) is 5.03 Å². The number of halogens is 1. The molecule has 0 bridgehead atoms. The minimum atomic E-state index is -3.73. The second-order valence-corrected chi connectivity index (χ2v) is 5.81. The van der Waals surface area contributed by atoms with Crippen LogP contribution in [0.2, 0.25) is 5.15 Å². The molecule has 0 aliphatic carbocycles. The minimum absolute atomic E-state index is 0.0847. The number of hydrogen-bond acceptors (Lipinski definition) is 4. The second kappa shape index (κ2) is 6.33. The fourth-order valence-corrected chi connectivity index (χ4v) is 3.12. The van der Waals surface area contributed by atoms with Crippen LogP contribution in [0.25, 0.3) is 0 Å². The molecule has 8 heteroatoms. The second-order valence-electron chi connectivity index (χ2n) is 3.60. The third-order valence-corrected chi connectivity index (χ3v) is 4.65. The van der Waals surface area contributed by atoms with Crippen molar-refractivity contribution >= 4 is 21.6 Å². The van der Waals surface area contributed by atoms with Crippen LogP contribution in [0.15, 0.2) is 24.0 Å². The molecule has 0 fully saturated rings. The molecule has 0 aliphatic rings.